The lowest BCUT2D eigenvalue weighted by Crippen LogP contribution is -2.14. The second-order valence-electron chi connectivity index (χ2n) is 6.55. The number of halogens is 4. The van der Waals surface area contributed by atoms with Crippen LogP contribution in [0.5, 0.6) is 0 Å². The van der Waals surface area contributed by atoms with Crippen molar-refractivity contribution in [3.8, 4) is 11.1 Å². The smallest absolute Gasteiger partial charge is 0.353 e. The molecule has 0 radical (unpaired) electrons. The first-order chi connectivity index (χ1) is 14.3. The molecule has 4 rings (SSSR count). The number of aromatic carboxylic acids is 1. The largest absolute Gasteiger partial charge is 0.477 e. The topological polar surface area (TPSA) is 75.1 Å². The van der Waals surface area contributed by atoms with Gasteiger partial charge in [0.05, 0.1) is 22.1 Å². The minimum absolute atomic E-state index is 0.0652. The summed E-state index contributed by atoms with van der Waals surface area (Å²) in [5.41, 5.74) is -0.113. The summed E-state index contributed by atoms with van der Waals surface area (Å²) in [6, 6.07) is 8.98. The van der Waals surface area contributed by atoms with Gasteiger partial charge in [-0.15, -0.1) is 0 Å². The van der Waals surface area contributed by atoms with Crippen molar-refractivity contribution in [3.63, 3.8) is 0 Å². The van der Waals surface area contributed by atoms with Gasteiger partial charge in [-0.1, -0.05) is 29.3 Å². The van der Waals surface area contributed by atoms with E-state index in [1.54, 1.807) is 6.07 Å². The van der Waals surface area contributed by atoms with Crippen molar-refractivity contribution in [2.45, 2.75) is 6.54 Å². The van der Waals surface area contributed by atoms with Gasteiger partial charge in [0, 0.05) is 34.3 Å². The number of aromatic nitrogens is 2. The van der Waals surface area contributed by atoms with Gasteiger partial charge in [0.2, 0.25) is 0 Å². The van der Waals surface area contributed by atoms with Gasteiger partial charge in [-0.3, -0.25) is 4.79 Å². The Morgan fingerprint density at radius 2 is 1.83 bits per heavy atom. The molecule has 0 aliphatic carbocycles. The molecule has 2 aromatic carbocycles. The van der Waals surface area contributed by atoms with Crippen molar-refractivity contribution < 1.29 is 18.7 Å². The highest BCUT2D eigenvalue weighted by Gasteiger charge is 2.26. The van der Waals surface area contributed by atoms with E-state index in [0.29, 0.717) is 17.0 Å². The molecular formula is C21H12Cl2F2N2O3. The normalized spacial score (nSPS) is 11.2. The Kier molecular flexibility index (Phi) is 5.09. The van der Waals surface area contributed by atoms with E-state index in [9.17, 15) is 23.5 Å². The molecule has 0 aliphatic rings. The number of nitrogens with one attached hydrogen (secondary N) is 1. The summed E-state index contributed by atoms with van der Waals surface area (Å²) in [6.07, 6.45) is 1.42. The Morgan fingerprint density at radius 1 is 1.10 bits per heavy atom. The number of rotatable bonds is 4. The number of H-pyrrole nitrogens is 1. The maximum Gasteiger partial charge on any atom is 0.353 e. The number of hydrogen-bond donors (Lipinski definition) is 2. The molecule has 30 heavy (non-hydrogen) atoms. The summed E-state index contributed by atoms with van der Waals surface area (Å²) < 4.78 is 28.9. The predicted molar refractivity (Wildman–Crippen MR) is 110 cm³/mol. The van der Waals surface area contributed by atoms with Crippen LogP contribution < -0.4 is 5.56 Å². The average molecular weight is 449 g/mol. The molecule has 9 heteroatoms. The van der Waals surface area contributed by atoms with E-state index < -0.39 is 23.2 Å². The third-order valence-corrected chi connectivity index (χ3v) is 5.46. The van der Waals surface area contributed by atoms with Gasteiger partial charge in [0.1, 0.15) is 17.3 Å². The molecule has 5 nitrogen and oxygen atoms in total. The van der Waals surface area contributed by atoms with Crippen molar-refractivity contribution in [2.24, 2.45) is 0 Å². The van der Waals surface area contributed by atoms with E-state index >= 15 is 0 Å². The Balaban J connectivity index is 2.10. The Hall–Kier alpha value is -3.16. The van der Waals surface area contributed by atoms with Gasteiger partial charge < -0.3 is 14.7 Å². The third-order valence-electron chi connectivity index (χ3n) is 4.74. The third kappa shape index (κ3) is 3.36. The maximum atomic E-state index is 14.3. The molecule has 0 unspecified atom stereocenters. The van der Waals surface area contributed by atoms with E-state index in [-0.39, 0.29) is 39.0 Å². The molecule has 152 valence electrons. The molecule has 2 N–H and O–H groups in total. The number of nitrogens with zero attached hydrogens (tertiary/aromatic N) is 1. The Labute approximate surface area is 178 Å². The van der Waals surface area contributed by atoms with Crippen LogP contribution in [-0.4, -0.2) is 20.6 Å². The zero-order valence-corrected chi connectivity index (χ0v) is 16.6. The lowest BCUT2D eigenvalue weighted by molar-refractivity contribution is 0.0687. The highest BCUT2D eigenvalue weighted by atomic mass is 35.5. The van der Waals surface area contributed by atoms with Crippen LogP contribution in [0.2, 0.25) is 10.0 Å². The highest BCUT2D eigenvalue weighted by molar-refractivity contribution is 6.43. The zero-order valence-electron chi connectivity index (χ0n) is 15.0. The molecule has 2 aromatic heterocycles. The first-order valence-corrected chi connectivity index (χ1v) is 9.40. The lowest BCUT2D eigenvalue weighted by Gasteiger charge is -2.10. The Bertz CT molecular complexity index is 1380. The second-order valence-corrected chi connectivity index (χ2v) is 7.36. The molecule has 0 saturated carbocycles. The number of carboxylic acids is 1. The lowest BCUT2D eigenvalue weighted by atomic mass is 10.0. The van der Waals surface area contributed by atoms with Gasteiger partial charge in [0.15, 0.2) is 0 Å². The van der Waals surface area contributed by atoms with E-state index in [1.807, 2.05) is 0 Å². The molecule has 0 atom stereocenters. The summed E-state index contributed by atoms with van der Waals surface area (Å²) in [4.78, 5) is 27.2. The summed E-state index contributed by atoms with van der Waals surface area (Å²) in [5, 5.41) is 10.7. The average Bonchev–Trinajstić information content (AvgIpc) is 2.98. The van der Waals surface area contributed by atoms with Crippen molar-refractivity contribution in [2.75, 3.05) is 0 Å². The zero-order chi connectivity index (χ0) is 21.6. The van der Waals surface area contributed by atoms with Crippen LogP contribution >= 0.6 is 23.2 Å². The molecule has 0 spiro atoms. The molecule has 0 fully saturated rings. The van der Waals surface area contributed by atoms with Gasteiger partial charge in [0.25, 0.3) is 5.56 Å². The standard InChI is InChI=1S/C21H12Cl2F2N2O3/c22-14-7-13-17(8-15(14)23)27(9-10-3-4-11(24)6-16(10)25)19(21(29)30)18(13)12-2-1-5-26-20(12)28/h1-8H,9H2,(H,26,28)(H,29,30). The monoisotopic (exact) mass is 448 g/mol. The van der Waals surface area contributed by atoms with Crippen LogP contribution in [0.1, 0.15) is 16.1 Å². The molecule has 0 bridgehead atoms. The van der Waals surface area contributed by atoms with E-state index in [2.05, 4.69) is 4.98 Å². The number of benzene rings is 2. The van der Waals surface area contributed by atoms with Crippen LogP contribution in [0.25, 0.3) is 22.0 Å². The van der Waals surface area contributed by atoms with Gasteiger partial charge in [-0.2, -0.15) is 0 Å². The first kappa shape index (κ1) is 20.1. The van der Waals surface area contributed by atoms with Gasteiger partial charge in [-0.05, 0) is 30.3 Å². The number of carbonyl (C=O) groups is 1. The quantitative estimate of drug-likeness (QED) is 0.443. The summed E-state index contributed by atoms with van der Waals surface area (Å²) in [6.45, 7) is -0.229. The number of fused-ring (bicyclic) bond motifs is 1. The van der Waals surface area contributed by atoms with Crippen LogP contribution in [0.4, 0.5) is 8.78 Å². The van der Waals surface area contributed by atoms with E-state index in [0.717, 1.165) is 6.07 Å². The number of pyridine rings is 1. The van der Waals surface area contributed by atoms with Crippen molar-refractivity contribution in [1.29, 1.82) is 0 Å². The number of carboxylic acid groups (broad SMARTS) is 1. The van der Waals surface area contributed by atoms with Crippen LogP contribution in [0, 0.1) is 11.6 Å². The summed E-state index contributed by atoms with van der Waals surface area (Å²) >= 11 is 12.3. The number of aromatic amines is 1. The van der Waals surface area contributed by atoms with Crippen LogP contribution in [0.3, 0.4) is 0 Å². The molecule has 2 heterocycles. The summed E-state index contributed by atoms with van der Waals surface area (Å²) in [5.74, 6) is -2.91. The minimum Gasteiger partial charge on any atom is -0.477 e. The fraction of sp³-hybridized carbons (Fsp3) is 0.0476. The molecule has 0 amide bonds. The fourth-order valence-electron chi connectivity index (χ4n) is 3.44. The number of hydrogen-bond acceptors (Lipinski definition) is 2. The fourth-order valence-corrected chi connectivity index (χ4v) is 3.76. The first-order valence-electron chi connectivity index (χ1n) is 8.64. The predicted octanol–water partition coefficient (Wildman–Crippen LogP) is 5.33. The SMILES string of the molecule is O=C(O)c1c(-c2ccc[nH]c2=O)c2cc(Cl)c(Cl)cc2n1Cc1ccc(F)cc1F. The minimum atomic E-state index is -1.33. The molecule has 4 aromatic rings. The Morgan fingerprint density at radius 3 is 2.50 bits per heavy atom. The molecule has 0 aliphatic heterocycles. The van der Waals surface area contributed by atoms with Crippen molar-refractivity contribution in [1.82, 2.24) is 9.55 Å². The van der Waals surface area contributed by atoms with Crippen LogP contribution in [-0.2, 0) is 6.54 Å². The second kappa shape index (κ2) is 7.59. The van der Waals surface area contributed by atoms with Gasteiger partial charge >= 0.3 is 5.97 Å². The van der Waals surface area contributed by atoms with E-state index in [1.165, 1.54) is 35.0 Å². The highest BCUT2D eigenvalue weighted by Crippen LogP contribution is 2.38. The van der Waals surface area contributed by atoms with Gasteiger partial charge in [-0.25, -0.2) is 13.6 Å². The molecule has 0 saturated heterocycles. The van der Waals surface area contributed by atoms with Crippen LogP contribution in [0.15, 0.2) is 53.5 Å². The summed E-state index contributed by atoms with van der Waals surface area (Å²) in [7, 11) is 0. The van der Waals surface area contributed by atoms with E-state index in [4.69, 9.17) is 23.2 Å². The molecular weight excluding hydrogens is 437 g/mol. The maximum absolute atomic E-state index is 14.3. The van der Waals surface area contributed by atoms with Crippen molar-refractivity contribution >= 4 is 40.1 Å². The van der Waals surface area contributed by atoms with Crippen molar-refractivity contribution in [3.05, 3.63) is 92.0 Å².